The molecule has 0 heterocycles. The number of nitrogens with one attached hydrogen (secondary N) is 1. The summed E-state index contributed by atoms with van der Waals surface area (Å²) in [4.78, 5) is 14.2. The van der Waals surface area contributed by atoms with Gasteiger partial charge >= 0.3 is 0 Å². The average Bonchev–Trinajstić information content (AvgIpc) is 2.43. The molecule has 0 bridgehead atoms. The summed E-state index contributed by atoms with van der Waals surface area (Å²) in [7, 11) is 0. The Hall–Kier alpha value is -2.24. The number of azide groups is 1. The molecule has 21 heavy (non-hydrogen) atoms. The summed E-state index contributed by atoms with van der Waals surface area (Å²) in [5, 5.41) is 6.49. The Kier molecular flexibility index (Phi) is 7.08. The van der Waals surface area contributed by atoms with Crippen LogP contribution in [-0.2, 0) is 4.79 Å². The van der Waals surface area contributed by atoms with E-state index in [1.165, 1.54) is 0 Å². The van der Waals surface area contributed by atoms with Crippen molar-refractivity contribution in [1.82, 2.24) is 5.32 Å². The van der Waals surface area contributed by atoms with Crippen molar-refractivity contribution in [2.45, 2.75) is 32.4 Å². The number of rotatable bonds is 9. The lowest BCUT2D eigenvalue weighted by Crippen LogP contribution is -2.34. The van der Waals surface area contributed by atoms with Crippen molar-refractivity contribution in [3.05, 3.63) is 40.3 Å². The van der Waals surface area contributed by atoms with E-state index in [1.54, 1.807) is 0 Å². The molecule has 0 aromatic heterocycles. The summed E-state index contributed by atoms with van der Waals surface area (Å²) >= 11 is 0. The molecule has 1 rings (SSSR count). The van der Waals surface area contributed by atoms with E-state index < -0.39 is 11.9 Å². The number of nitrogens with two attached hydrogens (primary N) is 1. The first-order valence-electron chi connectivity index (χ1n) is 6.84. The number of primary amides is 1. The monoisotopic (exact) mass is 291 g/mol. The van der Waals surface area contributed by atoms with E-state index in [1.807, 2.05) is 38.1 Å². The minimum absolute atomic E-state index is 0.0987. The Morgan fingerprint density at radius 1 is 1.43 bits per heavy atom. The van der Waals surface area contributed by atoms with Gasteiger partial charge in [-0.2, -0.15) is 0 Å². The summed E-state index contributed by atoms with van der Waals surface area (Å²) in [6.07, 6.45) is 0.740. The smallest absolute Gasteiger partial charge is 0.239 e. The Bertz CT molecular complexity index is 495. The molecule has 1 aromatic carbocycles. The van der Waals surface area contributed by atoms with Crippen LogP contribution in [0.3, 0.4) is 0 Å². The minimum Gasteiger partial charge on any atom is -0.491 e. The van der Waals surface area contributed by atoms with Crippen molar-refractivity contribution in [2.75, 3.05) is 13.1 Å². The summed E-state index contributed by atoms with van der Waals surface area (Å²) in [5.41, 5.74) is 14.4. The minimum atomic E-state index is -0.566. The SMILES string of the molecule is CC(C)Oc1ccc(C(NCCCN=[N+]=[N-])C(N)=O)cc1. The van der Waals surface area contributed by atoms with Gasteiger partial charge in [0.05, 0.1) is 6.10 Å². The fraction of sp³-hybridized carbons (Fsp3) is 0.500. The molecule has 7 heteroatoms. The molecule has 7 nitrogen and oxygen atoms in total. The third-order valence-corrected chi connectivity index (χ3v) is 2.72. The van der Waals surface area contributed by atoms with E-state index >= 15 is 0 Å². The zero-order chi connectivity index (χ0) is 15.7. The second-order valence-electron chi connectivity index (χ2n) is 4.83. The van der Waals surface area contributed by atoms with Gasteiger partial charge in [0.2, 0.25) is 5.91 Å². The van der Waals surface area contributed by atoms with Crippen LogP contribution in [-0.4, -0.2) is 25.1 Å². The average molecular weight is 291 g/mol. The topological polar surface area (TPSA) is 113 Å². The number of amides is 1. The third-order valence-electron chi connectivity index (χ3n) is 2.72. The van der Waals surface area contributed by atoms with Crippen LogP contribution in [0.15, 0.2) is 29.4 Å². The van der Waals surface area contributed by atoms with E-state index in [2.05, 4.69) is 15.3 Å². The second-order valence-corrected chi connectivity index (χ2v) is 4.83. The van der Waals surface area contributed by atoms with E-state index in [-0.39, 0.29) is 6.10 Å². The van der Waals surface area contributed by atoms with Crippen LogP contribution >= 0.6 is 0 Å². The lowest BCUT2D eigenvalue weighted by atomic mass is 10.1. The third kappa shape index (κ3) is 6.16. The fourth-order valence-electron chi connectivity index (χ4n) is 1.83. The standard InChI is InChI=1S/C14H21N5O2/c1-10(2)21-12-6-4-11(5-7-12)13(14(15)20)17-8-3-9-18-19-16/h4-7,10,13,17H,3,8-9H2,1-2H3,(H2,15,20). The summed E-state index contributed by atoms with van der Waals surface area (Å²) in [5.74, 6) is 0.302. The van der Waals surface area contributed by atoms with Gasteiger partial charge in [0.25, 0.3) is 0 Å². The van der Waals surface area contributed by atoms with Crippen LogP contribution in [0, 0.1) is 0 Å². The maximum absolute atomic E-state index is 11.5. The van der Waals surface area contributed by atoms with Gasteiger partial charge in [-0.05, 0) is 50.0 Å². The van der Waals surface area contributed by atoms with Gasteiger partial charge in [-0.25, -0.2) is 0 Å². The maximum atomic E-state index is 11.5. The lowest BCUT2D eigenvalue weighted by molar-refractivity contribution is -0.120. The number of hydrogen-bond acceptors (Lipinski definition) is 4. The lowest BCUT2D eigenvalue weighted by Gasteiger charge is -2.16. The molecule has 0 radical (unpaired) electrons. The van der Waals surface area contributed by atoms with Gasteiger partial charge < -0.3 is 15.8 Å². The van der Waals surface area contributed by atoms with Gasteiger partial charge in [-0.3, -0.25) is 4.79 Å². The van der Waals surface area contributed by atoms with Gasteiger partial charge in [0.15, 0.2) is 0 Å². The molecule has 1 aromatic rings. The predicted octanol–water partition coefficient (Wildman–Crippen LogP) is 2.29. The molecule has 0 aliphatic rings. The molecule has 0 saturated heterocycles. The summed E-state index contributed by atoms with van der Waals surface area (Å²) < 4.78 is 5.55. The second kappa shape index (κ2) is 8.84. The first-order valence-corrected chi connectivity index (χ1v) is 6.84. The van der Waals surface area contributed by atoms with Gasteiger partial charge in [-0.15, -0.1) is 0 Å². The highest BCUT2D eigenvalue weighted by atomic mass is 16.5. The zero-order valence-corrected chi connectivity index (χ0v) is 12.3. The Morgan fingerprint density at radius 3 is 2.62 bits per heavy atom. The molecular weight excluding hydrogens is 270 g/mol. The van der Waals surface area contributed by atoms with E-state index in [9.17, 15) is 4.79 Å². The largest absolute Gasteiger partial charge is 0.491 e. The highest BCUT2D eigenvalue weighted by molar-refractivity contribution is 5.81. The molecule has 1 atom stereocenters. The maximum Gasteiger partial charge on any atom is 0.239 e. The summed E-state index contributed by atoms with van der Waals surface area (Å²) in [6, 6.07) is 6.69. The number of carbonyl (C=O) groups is 1. The van der Waals surface area contributed by atoms with E-state index in [4.69, 9.17) is 16.0 Å². The van der Waals surface area contributed by atoms with Gasteiger partial charge in [-0.1, -0.05) is 17.2 Å². The predicted molar refractivity (Wildman–Crippen MR) is 80.8 cm³/mol. The molecule has 114 valence electrons. The molecular formula is C14H21N5O2. The zero-order valence-electron chi connectivity index (χ0n) is 12.3. The Balaban J connectivity index is 2.63. The highest BCUT2D eigenvalue weighted by Gasteiger charge is 2.16. The number of ether oxygens (including phenoxy) is 1. The first kappa shape index (κ1) is 16.8. The Labute approximate surface area is 124 Å². The summed E-state index contributed by atoms with van der Waals surface area (Å²) in [6.45, 7) is 4.82. The van der Waals surface area contributed by atoms with Crippen LogP contribution in [0.25, 0.3) is 10.4 Å². The van der Waals surface area contributed by atoms with Crippen molar-refractivity contribution >= 4 is 5.91 Å². The molecule has 0 aliphatic heterocycles. The number of benzene rings is 1. The quantitative estimate of drug-likeness (QED) is 0.315. The first-order chi connectivity index (χ1) is 10.0. The van der Waals surface area contributed by atoms with E-state index in [0.29, 0.717) is 19.5 Å². The van der Waals surface area contributed by atoms with Crippen LogP contribution in [0.1, 0.15) is 31.9 Å². The van der Waals surface area contributed by atoms with Crippen molar-refractivity contribution in [1.29, 1.82) is 0 Å². The number of hydrogen-bond donors (Lipinski definition) is 2. The van der Waals surface area contributed by atoms with Crippen LogP contribution < -0.4 is 15.8 Å². The van der Waals surface area contributed by atoms with Gasteiger partial charge in [0.1, 0.15) is 11.8 Å². The van der Waals surface area contributed by atoms with Crippen molar-refractivity contribution in [3.63, 3.8) is 0 Å². The molecule has 0 aliphatic carbocycles. The normalized spacial score (nSPS) is 11.8. The Morgan fingerprint density at radius 2 is 2.10 bits per heavy atom. The molecule has 1 amide bonds. The molecule has 0 saturated carbocycles. The van der Waals surface area contributed by atoms with Crippen molar-refractivity contribution in [3.8, 4) is 5.75 Å². The van der Waals surface area contributed by atoms with Gasteiger partial charge in [0, 0.05) is 11.5 Å². The molecule has 0 spiro atoms. The van der Waals surface area contributed by atoms with Crippen LogP contribution in [0.2, 0.25) is 0 Å². The number of nitrogens with zero attached hydrogens (tertiary/aromatic N) is 3. The molecule has 1 unspecified atom stereocenters. The number of carbonyl (C=O) groups excluding carboxylic acids is 1. The van der Waals surface area contributed by atoms with E-state index in [0.717, 1.165) is 11.3 Å². The van der Waals surface area contributed by atoms with Crippen LogP contribution in [0.5, 0.6) is 5.75 Å². The fourth-order valence-corrected chi connectivity index (χ4v) is 1.83. The highest BCUT2D eigenvalue weighted by Crippen LogP contribution is 2.18. The molecule has 3 N–H and O–H groups in total. The van der Waals surface area contributed by atoms with Crippen molar-refractivity contribution in [2.24, 2.45) is 10.8 Å². The molecule has 0 fully saturated rings. The van der Waals surface area contributed by atoms with Crippen LogP contribution in [0.4, 0.5) is 0 Å². The van der Waals surface area contributed by atoms with Crippen molar-refractivity contribution < 1.29 is 9.53 Å².